The minimum atomic E-state index is -1.33. The molecule has 1 fully saturated rings. The van der Waals surface area contributed by atoms with E-state index in [0.717, 1.165) is 30.4 Å². The summed E-state index contributed by atoms with van der Waals surface area (Å²) in [6.07, 6.45) is 2.24. The second-order valence-electron chi connectivity index (χ2n) is 12.1. The van der Waals surface area contributed by atoms with Crippen LogP contribution in [0.5, 0.6) is 0 Å². The normalized spacial score (nSPS) is 18.3. The number of halogens is 2. The van der Waals surface area contributed by atoms with E-state index < -0.39 is 22.1 Å². The second kappa shape index (κ2) is 12.3. The second-order valence-corrected chi connectivity index (χ2v) is 14.9. The van der Waals surface area contributed by atoms with Crippen LogP contribution in [0.1, 0.15) is 79.5 Å². The van der Waals surface area contributed by atoms with Gasteiger partial charge in [-0.15, -0.1) is 4.72 Å². The van der Waals surface area contributed by atoms with Crippen LogP contribution in [0.4, 0.5) is 5.82 Å². The van der Waals surface area contributed by atoms with Crippen molar-refractivity contribution >= 4 is 46.4 Å². The number of anilines is 1. The highest BCUT2D eigenvalue weighted by atomic mass is 35.5. The number of hydrogen-bond acceptors (Lipinski definition) is 8. The number of piperidine rings is 1. The molecule has 226 valence electrons. The smallest absolute Gasteiger partial charge is 0.360 e. The molecule has 5 rings (SSSR count). The lowest BCUT2D eigenvalue weighted by molar-refractivity contribution is 0.0519. The first kappa shape index (κ1) is 31.6. The maximum atomic E-state index is 13.4. The molecule has 1 unspecified atom stereocenters. The van der Waals surface area contributed by atoms with E-state index in [9.17, 15) is 14.6 Å². The summed E-state index contributed by atoms with van der Waals surface area (Å²) in [5, 5.41) is 10.7. The summed E-state index contributed by atoms with van der Waals surface area (Å²) in [7, 11) is 0. The maximum absolute atomic E-state index is 13.4. The molecule has 0 bridgehead atoms. The zero-order valence-electron chi connectivity index (χ0n) is 25.0. The summed E-state index contributed by atoms with van der Waals surface area (Å²) in [4.78, 5) is 24.9. The molecule has 0 saturated carbocycles. The van der Waals surface area contributed by atoms with Gasteiger partial charge in [-0.1, -0.05) is 47.5 Å². The number of carbonyl (C=O) groups excluding carboxylic acids is 1. The number of esters is 1. The van der Waals surface area contributed by atoms with Gasteiger partial charge in [0.2, 0.25) is 0 Å². The van der Waals surface area contributed by atoms with Crippen molar-refractivity contribution in [2.45, 2.75) is 64.7 Å². The van der Waals surface area contributed by atoms with Crippen molar-refractivity contribution in [3.05, 3.63) is 74.5 Å². The number of fused-ring (bicyclic) bond motifs is 1. The summed E-state index contributed by atoms with van der Waals surface area (Å²) in [6.45, 7) is 10.8. The molecule has 3 aromatic rings. The third-order valence-corrected chi connectivity index (χ3v) is 10.7. The number of nitrogens with one attached hydrogen (secondary N) is 1. The fraction of sp³-hybridized carbons (Fsp3) is 0.438. The molecule has 1 saturated heterocycles. The first-order valence-corrected chi connectivity index (χ1v) is 16.3. The molecule has 1 N–H and O–H groups in total. The summed E-state index contributed by atoms with van der Waals surface area (Å²) < 4.78 is 21.7. The largest absolute Gasteiger partial charge is 0.598 e. The monoisotopic (exact) mass is 639 g/mol. The minimum Gasteiger partial charge on any atom is -0.598 e. The van der Waals surface area contributed by atoms with Crippen LogP contribution in [-0.4, -0.2) is 44.9 Å². The molecule has 0 amide bonds. The average molecular weight is 641 g/mol. The van der Waals surface area contributed by atoms with Gasteiger partial charge in [-0.2, -0.15) is 5.26 Å². The number of benzene rings is 2. The van der Waals surface area contributed by atoms with Gasteiger partial charge in [0.05, 0.1) is 45.7 Å². The maximum Gasteiger partial charge on any atom is 0.360 e. The molecule has 2 aromatic carbocycles. The lowest BCUT2D eigenvalue weighted by Gasteiger charge is -2.44. The topological polar surface area (TPSA) is 114 Å². The van der Waals surface area contributed by atoms with Crippen LogP contribution in [0.2, 0.25) is 10.0 Å². The first-order chi connectivity index (χ1) is 20.4. The van der Waals surface area contributed by atoms with E-state index in [1.807, 2.05) is 39.8 Å². The lowest BCUT2D eigenvalue weighted by Crippen LogP contribution is -2.50. The number of nitriles is 1. The Bertz CT molecular complexity index is 1600. The highest BCUT2D eigenvalue weighted by Gasteiger charge is 2.51. The van der Waals surface area contributed by atoms with E-state index in [1.54, 1.807) is 25.1 Å². The predicted octanol–water partition coefficient (Wildman–Crippen LogP) is 6.74. The van der Waals surface area contributed by atoms with Gasteiger partial charge in [0.1, 0.15) is 4.75 Å². The number of nitrogens with zero attached hydrogens (tertiary/aromatic N) is 4. The molecular weight excluding hydrogens is 605 g/mol. The molecule has 1 aromatic heterocycles. The van der Waals surface area contributed by atoms with E-state index in [4.69, 9.17) is 37.9 Å². The third kappa shape index (κ3) is 5.96. The number of aromatic nitrogens is 2. The van der Waals surface area contributed by atoms with Gasteiger partial charge in [0.15, 0.2) is 11.5 Å². The molecule has 1 aliphatic carbocycles. The van der Waals surface area contributed by atoms with Crippen molar-refractivity contribution in [2.75, 3.05) is 24.6 Å². The van der Waals surface area contributed by atoms with Crippen molar-refractivity contribution in [1.29, 1.82) is 5.26 Å². The SMILES string of the molecule is CCOC(=O)c1nc(-c2cccc(Cl)c2Cl)c(C)nc1N1CCC2(CC1)Cc1cccc(C#N)c1[C@@H]2N[S+]([O-])C(C)(C)C. The van der Waals surface area contributed by atoms with Crippen molar-refractivity contribution < 1.29 is 14.1 Å². The average Bonchev–Trinajstić information content (AvgIpc) is 3.26. The fourth-order valence-corrected chi connectivity index (χ4v) is 7.42. The minimum absolute atomic E-state index is 0.124. The Hall–Kier alpha value is -2.87. The molecule has 2 atom stereocenters. The highest BCUT2D eigenvalue weighted by molar-refractivity contribution is 7.90. The van der Waals surface area contributed by atoms with Crippen molar-refractivity contribution in [1.82, 2.24) is 14.7 Å². The van der Waals surface area contributed by atoms with E-state index in [1.165, 1.54) is 0 Å². The number of ether oxygens (including phenoxy) is 1. The van der Waals surface area contributed by atoms with E-state index in [2.05, 4.69) is 21.8 Å². The number of rotatable bonds is 6. The number of aryl methyl sites for hydroxylation is 1. The Balaban J connectivity index is 1.50. The molecule has 11 heteroatoms. The van der Waals surface area contributed by atoms with Gasteiger partial charge < -0.3 is 14.2 Å². The zero-order valence-corrected chi connectivity index (χ0v) is 27.3. The molecule has 1 spiro atoms. The zero-order chi connectivity index (χ0) is 31.1. The molecule has 2 heterocycles. The van der Waals surface area contributed by atoms with Crippen LogP contribution in [0.15, 0.2) is 36.4 Å². The van der Waals surface area contributed by atoms with Crippen molar-refractivity contribution in [3.63, 3.8) is 0 Å². The van der Waals surface area contributed by atoms with E-state index in [-0.39, 0.29) is 23.8 Å². The Kier molecular flexibility index (Phi) is 8.99. The standard InChI is InChI=1S/C32H35Cl2N5O3S/c1-6-42-30(40)27-29(36-19(2)26(37-27)22-11-8-12-23(33)25(22)34)39-15-13-32(14-16-39)17-20-9-7-10-21(18-35)24(20)28(32)38-43(41)31(3,4)5/h7-12,28,38H,6,13-17H2,1-5H3/t28-,43?/m0/s1. The van der Waals surface area contributed by atoms with Gasteiger partial charge in [0.25, 0.3) is 0 Å². The lowest BCUT2D eigenvalue weighted by atomic mass is 9.73. The first-order valence-electron chi connectivity index (χ1n) is 14.3. The third-order valence-electron chi connectivity index (χ3n) is 8.33. The van der Waals surface area contributed by atoms with Gasteiger partial charge in [-0.05, 0) is 77.1 Å². The van der Waals surface area contributed by atoms with E-state index in [0.29, 0.717) is 51.5 Å². The van der Waals surface area contributed by atoms with Gasteiger partial charge >= 0.3 is 5.97 Å². The van der Waals surface area contributed by atoms with Crippen LogP contribution in [0.25, 0.3) is 11.3 Å². The Morgan fingerprint density at radius 3 is 2.56 bits per heavy atom. The molecular formula is C32H35Cl2N5O3S. The summed E-state index contributed by atoms with van der Waals surface area (Å²) in [5.74, 6) is -0.0968. The molecule has 2 aliphatic rings. The Morgan fingerprint density at radius 1 is 1.21 bits per heavy atom. The summed E-state index contributed by atoms with van der Waals surface area (Å²) >= 11 is 11.5. The predicted molar refractivity (Wildman–Crippen MR) is 171 cm³/mol. The van der Waals surface area contributed by atoms with Crippen LogP contribution < -0.4 is 9.62 Å². The molecule has 43 heavy (non-hydrogen) atoms. The molecule has 0 radical (unpaired) electrons. The summed E-state index contributed by atoms with van der Waals surface area (Å²) in [6, 6.07) is 13.2. The fourth-order valence-electron chi connectivity index (χ4n) is 6.10. The molecule has 8 nitrogen and oxygen atoms in total. The molecule has 1 aliphatic heterocycles. The van der Waals surface area contributed by atoms with Crippen LogP contribution in [0.3, 0.4) is 0 Å². The van der Waals surface area contributed by atoms with Crippen LogP contribution in [-0.2, 0) is 22.5 Å². The Morgan fingerprint density at radius 2 is 1.91 bits per heavy atom. The highest BCUT2D eigenvalue weighted by Crippen LogP contribution is 2.54. The summed E-state index contributed by atoms with van der Waals surface area (Å²) in [5.41, 5.74) is 4.21. The van der Waals surface area contributed by atoms with Crippen molar-refractivity contribution in [3.8, 4) is 17.3 Å². The van der Waals surface area contributed by atoms with E-state index >= 15 is 0 Å². The van der Waals surface area contributed by atoms with Gasteiger partial charge in [0, 0.05) is 35.4 Å². The van der Waals surface area contributed by atoms with Gasteiger partial charge in [-0.3, -0.25) is 0 Å². The van der Waals surface area contributed by atoms with Crippen LogP contribution >= 0.6 is 23.2 Å². The Labute approximate surface area is 266 Å². The van der Waals surface area contributed by atoms with Crippen molar-refractivity contribution in [2.24, 2.45) is 5.41 Å². The number of carbonyl (C=O) groups is 1. The number of hydrogen-bond donors (Lipinski definition) is 1. The van der Waals surface area contributed by atoms with Gasteiger partial charge in [-0.25, -0.2) is 14.8 Å². The quantitative estimate of drug-likeness (QED) is 0.233. The van der Waals surface area contributed by atoms with Crippen LogP contribution in [0, 0.1) is 23.7 Å².